The lowest BCUT2D eigenvalue weighted by Crippen LogP contribution is -2.38. The number of halogens is 1. The standard InChI is InChI=1S/C26H32FN3O4/c1-18(20-11-7-4-8-12-20)34-24-14-23(22(27)13-21(24)15-31)29-26(32)30(2)25(28)17-33-16-19-9-5-3-6-10-19/h3,5-6,9-10,13-15,18,20,28H,4,7-8,11-12,16-17H2,1-2H3,(H,29,32). The summed E-state index contributed by atoms with van der Waals surface area (Å²) in [6, 6.07) is 11.2. The SMILES string of the molecule is CC(Oc1cc(NC(=O)N(C)C(=N)COCc2ccccc2)c(F)cc1C=O)C1CCCCC1. The zero-order valence-corrected chi connectivity index (χ0v) is 19.7. The third-order valence-corrected chi connectivity index (χ3v) is 6.15. The molecule has 1 aliphatic rings. The van der Waals surface area contributed by atoms with Gasteiger partial charge in [-0.2, -0.15) is 0 Å². The molecule has 0 radical (unpaired) electrons. The van der Waals surface area contributed by atoms with Crippen molar-refractivity contribution >= 4 is 23.8 Å². The summed E-state index contributed by atoms with van der Waals surface area (Å²) < 4.78 is 26.1. The minimum atomic E-state index is -0.756. The van der Waals surface area contributed by atoms with Crippen LogP contribution in [0.25, 0.3) is 0 Å². The minimum absolute atomic E-state index is 0.0826. The van der Waals surface area contributed by atoms with Gasteiger partial charge >= 0.3 is 6.03 Å². The van der Waals surface area contributed by atoms with Crippen molar-refractivity contribution in [3.63, 3.8) is 0 Å². The van der Waals surface area contributed by atoms with E-state index in [9.17, 15) is 14.0 Å². The van der Waals surface area contributed by atoms with E-state index in [2.05, 4.69) is 5.32 Å². The summed E-state index contributed by atoms with van der Waals surface area (Å²) in [7, 11) is 1.41. The Morgan fingerprint density at radius 1 is 1.24 bits per heavy atom. The second kappa shape index (κ2) is 12.3. The Morgan fingerprint density at radius 2 is 1.94 bits per heavy atom. The van der Waals surface area contributed by atoms with Gasteiger partial charge in [-0.1, -0.05) is 49.6 Å². The molecule has 0 saturated heterocycles. The Morgan fingerprint density at radius 3 is 2.62 bits per heavy atom. The first-order chi connectivity index (χ1) is 16.4. The van der Waals surface area contributed by atoms with E-state index in [1.165, 1.54) is 19.5 Å². The van der Waals surface area contributed by atoms with Gasteiger partial charge in [-0.25, -0.2) is 9.18 Å². The molecule has 34 heavy (non-hydrogen) atoms. The predicted molar refractivity (Wildman–Crippen MR) is 129 cm³/mol. The number of hydrogen-bond acceptors (Lipinski definition) is 5. The van der Waals surface area contributed by atoms with Crippen molar-refractivity contribution in [2.45, 2.75) is 51.7 Å². The van der Waals surface area contributed by atoms with Gasteiger partial charge in [-0.3, -0.25) is 15.1 Å². The molecule has 2 amide bonds. The van der Waals surface area contributed by atoms with E-state index >= 15 is 0 Å². The van der Waals surface area contributed by atoms with Crippen molar-refractivity contribution in [2.24, 2.45) is 5.92 Å². The molecule has 7 nitrogen and oxygen atoms in total. The van der Waals surface area contributed by atoms with Crippen LogP contribution in [-0.4, -0.2) is 42.8 Å². The van der Waals surface area contributed by atoms with Crippen molar-refractivity contribution < 1.29 is 23.5 Å². The maximum absolute atomic E-state index is 14.6. The third-order valence-electron chi connectivity index (χ3n) is 6.15. The number of rotatable bonds is 9. The molecule has 0 heterocycles. The molecule has 0 aromatic heterocycles. The van der Waals surface area contributed by atoms with Crippen LogP contribution >= 0.6 is 0 Å². The van der Waals surface area contributed by atoms with Crippen LogP contribution in [0.15, 0.2) is 42.5 Å². The number of carbonyl (C=O) groups is 2. The lowest BCUT2D eigenvalue weighted by Gasteiger charge is -2.28. The molecule has 1 aliphatic carbocycles. The Balaban J connectivity index is 1.61. The van der Waals surface area contributed by atoms with Crippen LogP contribution in [-0.2, 0) is 11.3 Å². The van der Waals surface area contributed by atoms with Crippen LogP contribution in [0.4, 0.5) is 14.9 Å². The van der Waals surface area contributed by atoms with Gasteiger partial charge in [0.1, 0.15) is 24.0 Å². The van der Waals surface area contributed by atoms with E-state index in [0.29, 0.717) is 18.8 Å². The highest BCUT2D eigenvalue weighted by molar-refractivity contribution is 6.02. The van der Waals surface area contributed by atoms with Gasteiger partial charge in [-0.15, -0.1) is 0 Å². The maximum atomic E-state index is 14.6. The van der Waals surface area contributed by atoms with Crippen LogP contribution < -0.4 is 10.1 Å². The van der Waals surface area contributed by atoms with Crippen LogP contribution in [0.3, 0.4) is 0 Å². The number of aldehydes is 1. The van der Waals surface area contributed by atoms with Crippen molar-refractivity contribution in [2.75, 3.05) is 19.0 Å². The molecule has 1 saturated carbocycles. The van der Waals surface area contributed by atoms with Gasteiger partial charge in [-0.05, 0) is 37.3 Å². The van der Waals surface area contributed by atoms with Gasteiger partial charge in [0.25, 0.3) is 0 Å². The van der Waals surface area contributed by atoms with Crippen LogP contribution in [0.2, 0.25) is 0 Å². The average molecular weight is 470 g/mol. The van der Waals surface area contributed by atoms with Gasteiger partial charge in [0.2, 0.25) is 0 Å². The summed E-state index contributed by atoms with van der Waals surface area (Å²) in [6.45, 7) is 2.18. The number of benzene rings is 2. The minimum Gasteiger partial charge on any atom is -0.490 e. The molecule has 1 unspecified atom stereocenters. The van der Waals surface area contributed by atoms with Gasteiger partial charge < -0.3 is 14.8 Å². The van der Waals surface area contributed by atoms with E-state index in [1.54, 1.807) is 0 Å². The molecule has 1 fully saturated rings. The fraction of sp³-hybridized carbons (Fsp3) is 0.423. The molecule has 2 aromatic carbocycles. The fourth-order valence-electron chi connectivity index (χ4n) is 4.02. The largest absolute Gasteiger partial charge is 0.490 e. The summed E-state index contributed by atoms with van der Waals surface area (Å²) in [4.78, 5) is 25.1. The van der Waals surface area contributed by atoms with E-state index in [1.807, 2.05) is 37.3 Å². The first-order valence-electron chi connectivity index (χ1n) is 11.6. The highest BCUT2D eigenvalue weighted by Crippen LogP contribution is 2.32. The molecule has 3 rings (SSSR count). The van der Waals surface area contributed by atoms with Crippen LogP contribution in [0.1, 0.15) is 54.9 Å². The highest BCUT2D eigenvalue weighted by Gasteiger charge is 2.24. The number of urea groups is 1. The monoisotopic (exact) mass is 469 g/mol. The number of ether oxygens (including phenoxy) is 2. The number of anilines is 1. The van der Waals surface area contributed by atoms with E-state index in [-0.39, 0.29) is 35.5 Å². The first kappa shape index (κ1) is 25.4. The highest BCUT2D eigenvalue weighted by atomic mass is 19.1. The number of likely N-dealkylation sites (N-methyl/N-ethyl adjacent to an activating group) is 1. The quantitative estimate of drug-likeness (QED) is 0.282. The zero-order valence-electron chi connectivity index (χ0n) is 19.7. The molecule has 182 valence electrons. The number of nitrogens with zero attached hydrogens (tertiary/aromatic N) is 1. The number of amidine groups is 1. The Labute approximate surface area is 199 Å². The molecule has 0 bridgehead atoms. The van der Waals surface area contributed by atoms with Gasteiger partial charge in [0, 0.05) is 13.1 Å². The zero-order chi connectivity index (χ0) is 24.5. The topological polar surface area (TPSA) is 91.7 Å². The lowest BCUT2D eigenvalue weighted by atomic mass is 9.86. The summed E-state index contributed by atoms with van der Waals surface area (Å²) >= 11 is 0. The smallest absolute Gasteiger partial charge is 0.327 e. The normalized spacial score (nSPS) is 14.8. The molecule has 0 spiro atoms. The van der Waals surface area contributed by atoms with Crippen molar-refractivity contribution in [3.8, 4) is 5.75 Å². The van der Waals surface area contributed by atoms with E-state index in [0.717, 1.165) is 42.2 Å². The van der Waals surface area contributed by atoms with Crippen molar-refractivity contribution in [3.05, 3.63) is 59.4 Å². The second-order valence-electron chi connectivity index (χ2n) is 8.62. The molecule has 2 N–H and O–H groups in total. The Kier molecular flexibility index (Phi) is 9.16. The van der Waals surface area contributed by atoms with Crippen molar-refractivity contribution in [1.29, 1.82) is 5.41 Å². The molecule has 1 atom stereocenters. The summed E-state index contributed by atoms with van der Waals surface area (Å²) in [6.07, 6.45) is 6.04. The average Bonchev–Trinajstić information content (AvgIpc) is 2.86. The number of nitrogens with one attached hydrogen (secondary N) is 2. The number of hydrogen-bond donors (Lipinski definition) is 2. The second-order valence-corrected chi connectivity index (χ2v) is 8.62. The van der Waals surface area contributed by atoms with Crippen LogP contribution in [0.5, 0.6) is 5.75 Å². The van der Waals surface area contributed by atoms with Crippen LogP contribution in [0, 0.1) is 17.1 Å². The Hall–Kier alpha value is -3.26. The Bertz CT molecular complexity index is 993. The summed E-state index contributed by atoms with van der Waals surface area (Å²) in [5.41, 5.74) is 0.926. The van der Waals surface area contributed by atoms with E-state index < -0.39 is 11.8 Å². The first-order valence-corrected chi connectivity index (χ1v) is 11.6. The van der Waals surface area contributed by atoms with Gasteiger partial charge in [0.05, 0.1) is 24.0 Å². The molecular formula is C26H32FN3O4. The number of carbonyl (C=O) groups excluding carboxylic acids is 2. The van der Waals surface area contributed by atoms with E-state index in [4.69, 9.17) is 14.9 Å². The summed E-state index contributed by atoms with van der Waals surface area (Å²) in [5, 5.41) is 10.6. The molecule has 2 aromatic rings. The molecule has 8 heteroatoms. The predicted octanol–water partition coefficient (Wildman–Crippen LogP) is 5.64. The molecular weight excluding hydrogens is 437 g/mol. The molecule has 0 aliphatic heterocycles. The fourth-order valence-corrected chi connectivity index (χ4v) is 4.02. The lowest BCUT2D eigenvalue weighted by molar-refractivity contribution is 0.108. The summed E-state index contributed by atoms with van der Waals surface area (Å²) in [5.74, 6) is -0.235. The van der Waals surface area contributed by atoms with Crippen molar-refractivity contribution in [1.82, 2.24) is 4.90 Å². The number of amides is 2. The third kappa shape index (κ3) is 6.87. The maximum Gasteiger partial charge on any atom is 0.327 e. The van der Waals surface area contributed by atoms with Gasteiger partial charge in [0.15, 0.2) is 6.29 Å².